The molecule has 0 radical (unpaired) electrons. The second-order valence-electron chi connectivity index (χ2n) is 8.00. The van der Waals surface area contributed by atoms with Gasteiger partial charge < -0.3 is 9.47 Å². The summed E-state index contributed by atoms with van der Waals surface area (Å²) in [5, 5.41) is 0. The largest absolute Gasteiger partial charge is 0.381 e. The molecule has 0 aromatic carbocycles. The second-order valence-corrected chi connectivity index (χ2v) is 8.00. The van der Waals surface area contributed by atoms with Crippen LogP contribution in [0.15, 0.2) is 12.2 Å². The third-order valence-electron chi connectivity index (χ3n) is 6.19. The molecule has 2 fully saturated rings. The Balaban J connectivity index is 1.55. The first-order valence-electron chi connectivity index (χ1n) is 10.6. The fraction of sp³-hybridized carbons (Fsp3) is 0.909. The maximum atomic E-state index is 5.94. The van der Waals surface area contributed by atoms with Gasteiger partial charge in [-0.15, -0.1) is 0 Å². The van der Waals surface area contributed by atoms with Crippen LogP contribution in [-0.2, 0) is 9.47 Å². The van der Waals surface area contributed by atoms with E-state index < -0.39 is 0 Å². The van der Waals surface area contributed by atoms with Gasteiger partial charge in [0.1, 0.15) is 0 Å². The first-order valence-corrected chi connectivity index (χ1v) is 10.6. The lowest BCUT2D eigenvalue weighted by Gasteiger charge is -2.37. The molecule has 0 aromatic heterocycles. The van der Waals surface area contributed by atoms with Gasteiger partial charge in [0.15, 0.2) is 0 Å². The minimum atomic E-state index is 0.519. The summed E-state index contributed by atoms with van der Waals surface area (Å²) < 4.78 is 11.8. The van der Waals surface area contributed by atoms with Gasteiger partial charge in [-0.05, 0) is 82.5 Å². The standard InChI is InChI=1S/C22H40O2/c1-3-5-7-16-23-18-19-8-10-20(11-9-19)21-12-14-22(15-13-21)24-17-6-4-2/h4,6,19-22H,3,5,7-18H2,1-2H3. The van der Waals surface area contributed by atoms with Gasteiger partial charge in [-0.25, -0.2) is 0 Å². The molecule has 0 amide bonds. The molecule has 140 valence electrons. The number of hydrogen-bond acceptors (Lipinski definition) is 2. The van der Waals surface area contributed by atoms with E-state index in [9.17, 15) is 0 Å². The zero-order valence-corrected chi connectivity index (χ0v) is 16.2. The lowest BCUT2D eigenvalue weighted by molar-refractivity contribution is 0.0169. The average Bonchev–Trinajstić information content (AvgIpc) is 2.63. The molecule has 24 heavy (non-hydrogen) atoms. The second kappa shape index (κ2) is 12.1. The summed E-state index contributed by atoms with van der Waals surface area (Å²) in [7, 11) is 0. The van der Waals surface area contributed by atoms with Crippen molar-refractivity contribution in [3.63, 3.8) is 0 Å². The number of ether oxygens (including phenoxy) is 2. The molecule has 0 aliphatic heterocycles. The molecule has 0 aromatic rings. The lowest BCUT2D eigenvalue weighted by atomic mass is 9.71. The van der Waals surface area contributed by atoms with Gasteiger partial charge in [0, 0.05) is 13.2 Å². The van der Waals surface area contributed by atoms with Crippen molar-refractivity contribution in [2.45, 2.75) is 90.6 Å². The van der Waals surface area contributed by atoms with Crippen molar-refractivity contribution in [2.24, 2.45) is 17.8 Å². The summed E-state index contributed by atoms with van der Waals surface area (Å²) in [6, 6.07) is 0. The molecule has 2 aliphatic carbocycles. The molecular weight excluding hydrogens is 296 g/mol. The third kappa shape index (κ3) is 7.27. The Morgan fingerprint density at radius 1 is 0.875 bits per heavy atom. The Morgan fingerprint density at radius 2 is 1.54 bits per heavy atom. The Hall–Kier alpha value is -0.340. The van der Waals surface area contributed by atoms with Gasteiger partial charge in [0.2, 0.25) is 0 Å². The normalized spacial score (nSPS) is 31.6. The van der Waals surface area contributed by atoms with E-state index >= 15 is 0 Å². The summed E-state index contributed by atoms with van der Waals surface area (Å²) in [6.45, 7) is 7.11. The van der Waals surface area contributed by atoms with Crippen LogP contribution in [-0.4, -0.2) is 25.9 Å². The summed E-state index contributed by atoms with van der Waals surface area (Å²) in [4.78, 5) is 0. The Labute approximate surface area is 150 Å². The van der Waals surface area contributed by atoms with Crippen molar-refractivity contribution in [3.8, 4) is 0 Å². The van der Waals surface area contributed by atoms with Crippen molar-refractivity contribution in [2.75, 3.05) is 19.8 Å². The summed E-state index contributed by atoms with van der Waals surface area (Å²) in [6.07, 6.45) is 19.6. The van der Waals surface area contributed by atoms with Crippen LogP contribution in [0.25, 0.3) is 0 Å². The molecule has 0 atom stereocenters. The van der Waals surface area contributed by atoms with Crippen LogP contribution in [0.1, 0.15) is 84.5 Å². The van der Waals surface area contributed by atoms with Crippen molar-refractivity contribution < 1.29 is 9.47 Å². The summed E-state index contributed by atoms with van der Waals surface area (Å²) in [5.41, 5.74) is 0. The van der Waals surface area contributed by atoms with Crippen LogP contribution in [0.3, 0.4) is 0 Å². The van der Waals surface area contributed by atoms with E-state index in [0.29, 0.717) is 6.10 Å². The minimum Gasteiger partial charge on any atom is -0.381 e. The number of hydrogen-bond donors (Lipinski definition) is 0. The quantitative estimate of drug-likeness (QED) is 0.352. The van der Waals surface area contributed by atoms with Crippen LogP contribution >= 0.6 is 0 Å². The van der Waals surface area contributed by atoms with Gasteiger partial charge in [-0.3, -0.25) is 0 Å². The minimum absolute atomic E-state index is 0.519. The number of unbranched alkanes of at least 4 members (excludes halogenated alkanes) is 2. The molecule has 2 rings (SSSR count). The van der Waals surface area contributed by atoms with Crippen LogP contribution in [0.4, 0.5) is 0 Å². The molecule has 2 heteroatoms. The van der Waals surface area contributed by atoms with E-state index in [2.05, 4.69) is 26.0 Å². The van der Waals surface area contributed by atoms with Gasteiger partial charge in [-0.1, -0.05) is 31.9 Å². The Bertz CT molecular complexity index is 323. The maximum absolute atomic E-state index is 5.94. The first-order chi connectivity index (χ1) is 11.8. The van der Waals surface area contributed by atoms with E-state index in [1.807, 2.05) is 0 Å². The molecule has 0 saturated heterocycles. The van der Waals surface area contributed by atoms with Gasteiger partial charge >= 0.3 is 0 Å². The zero-order chi connectivity index (χ0) is 17.0. The monoisotopic (exact) mass is 336 g/mol. The number of rotatable bonds is 10. The van der Waals surface area contributed by atoms with Crippen molar-refractivity contribution in [1.82, 2.24) is 0 Å². The van der Waals surface area contributed by atoms with Crippen LogP contribution in [0.5, 0.6) is 0 Å². The van der Waals surface area contributed by atoms with Crippen LogP contribution in [0, 0.1) is 17.8 Å². The van der Waals surface area contributed by atoms with Crippen LogP contribution in [0.2, 0.25) is 0 Å². The fourth-order valence-electron chi connectivity index (χ4n) is 4.54. The molecule has 2 saturated carbocycles. The summed E-state index contributed by atoms with van der Waals surface area (Å²) >= 11 is 0. The molecular formula is C22H40O2. The smallest absolute Gasteiger partial charge is 0.0651 e. The van der Waals surface area contributed by atoms with Gasteiger partial charge in [0.05, 0.1) is 12.7 Å². The molecule has 0 N–H and O–H groups in total. The predicted octanol–water partition coefficient (Wildman–Crippen LogP) is 6.15. The molecule has 2 nitrogen and oxygen atoms in total. The van der Waals surface area contributed by atoms with E-state index in [0.717, 1.165) is 37.6 Å². The molecule has 0 heterocycles. The Kier molecular flexibility index (Phi) is 10.1. The molecule has 0 spiro atoms. The zero-order valence-electron chi connectivity index (χ0n) is 16.2. The lowest BCUT2D eigenvalue weighted by Crippen LogP contribution is -2.29. The maximum Gasteiger partial charge on any atom is 0.0651 e. The predicted molar refractivity (Wildman–Crippen MR) is 102 cm³/mol. The van der Waals surface area contributed by atoms with E-state index in [1.54, 1.807) is 0 Å². The molecule has 0 unspecified atom stereocenters. The third-order valence-corrected chi connectivity index (χ3v) is 6.19. The average molecular weight is 337 g/mol. The SMILES string of the molecule is CC=CCOC1CCC(C2CCC(COCCCCC)CC2)CC1. The van der Waals surface area contributed by atoms with Crippen LogP contribution < -0.4 is 0 Å². The highest BCUT2D eigenvalue weighted by Crippen LogP contribution is 2.40. The van der Waals surface area contributed by atoms with E-state index in [4.69, 9.17) is 9.47 Å². The first kappa shape index (κ1) is 20.0. The Morgan fingerprint density at radius 3 is 2.17 bits per heavy atom. The topological polar surface area (TPSA) is 18.5 Å². The highest BCUT2D eigenvalue weighted by Gasteiger charge is 2.31. The highest BCUT2D eigenvalue weighted by molar-refractivity contribution is 4.83. The fourth-order valence-corrected chi connectivity index (χ4v) is 4.54. The summed E-state index contributed by atoms with van der Waals surface area (Å²) in [5.74, 6) is 2.79. The molecule has 0 bridgehead atoms. The molecule has 2 aliphatic rings. The van der Waals surface area contributed by atoms with Crippen molar-refractivity contribution >= 4 is 0 Å². The van der Waals surface area contributed by atoms with Gasteiger partial charge in [0.25, 0.3) is 0 Å². The van der Waals surface area contributed by atoms with E-state index in [-0.39, 0.29) is 0 Å². The van der Waals surface area contributed by atoms with Gasteiger partial charge in [-0.2, -0.15) is 0 Å². The van der Waals surface area contributed by atoms with Crippen molar-refractivity contribution in [1.29, 1.82) is 0 Å². The van der Waals surface area contributed by atoms with E-state index in [1.165, 1.54) is 70.6 Å². The number of allylic oxidation sites excluding steroid dienone is 1. The highest BCUT2D eigenvalue weighted by atomic mass is 16.5. The van der Waals surface area contributed by atoms with Crippen molar-refractivity contribution in [3.05, 3.63) is 12.2 Å².